The summed E-state index contributed by atoms with van der Waals surface area (Å²) < 4.78 is 13.6. The number of methoxy groups -OCH3 is 1. The minimum Gasteiger partial charge on any atom is -0.431 e. The van der Waals surface area contributed by atoms with Crippen LogP contribution < -0.4 is 4.74 Å². The maximum Gasteiger partial charge on any atom is 0.292 e. The smallest absolute Gasteiger partial charge is 0.292 e. The topological polar surface area (TPSA) is 187 Å². The molecule has 2 aliphatic carbocycles. The van der Waals surface area contributed by atoms with Gasteiger partial charge in [0, 0.05) is 7.05 Å². The van der Waals surface area contributed by atoms with Gasteiger partial charge in [-0.05, 0) is 118 Å². The molecular weight excluding hydrogens is 672 g/mol. The Kier molecular flexibility index (Phi) is 24.8. The second kappa shape index (κ2) is 29.4. The third-order valence-electron chi connectivity index (χ3n) is 8.46. The molecule has 2 fully saturated rings. The van der Waals surface area contributed by atoms with Crippen LogP contribution >= 0.6 is 0 Å². The number of aryl methyl sites for hydroxylation is 1. The minimum absolute atomic E-state index is 0.166. The molecule has 2 aliphatic rings. The van der Waals surface area contributed by atoms with E-state index >= 15 is 0 Å². The molecule has 12 heteroatoms. The number of hydrogen-bond acceptors (Lipinski definition) is 12. The van der Waals surface area contributed by atoms with Gasteiger partial charge in [0.15, 0.2) is 0 Å². The van der Waals surface area contributed by atoms with Gasteiger partial charge in [0.1, 0.15) is 11.9 Å². The first kappa shape index (κ1) is 44.7. The molecule has 12 nitrogen and oxygen atoms in total. The van der Waals surface area contributed by atoms with Crippen molar-refractivity contribution in [2.75, 3.05) is 14.2 Å². The zero-order valence-electron chi connectivity index (χ0n) is 30.5. The van der Waals surface area contributed by atoms with Crippen molar-refractivity contribution in [1.29, 1.82) is 15.8 Å². The zero-order valence-corrected chi connectivity index (χ0v) is 30.5. The lowest BCUT2D eigenvalue weighted by molar-refractivity contribution is 0.0915. The molecule has 0 atom stereocenters. The van der Waals surface area contributed by atoms with E-state index in [-0.39, 0.29) is 12.1 Å². The molecule has 0 radical (unpaired) electrons. The van der Waals surface area contributed by atoms with Crippen molar-refractivity contribution in [3.8, 4) is 24.5 Å². The molecule has 3 aromatic carbocycles. The van der Waals surface area contributed by atoms with Crippen molar-refractivity contribution in [3.63, 3.8) is 0 Å². The van der Waals surface area contributed by atoms with Gasteiger partial charge in [-0.25, -0.2) is 24.4 Å². The quantitative estimate of drug-likeness (QED) is 0.125. The van der Waals surface area contributed by atoms with Gasteiger partial charge in [-0.1, -0.05) is 60.2 Å². The number of benzene rings is 3. The number of hydrogen-bond donors (Lipinski definition) is 0. The van der Waals surface area contributed by atoms with E-state index in [9.17, 15) is 9.59 Å². The van der Waals surface area contributed by atoms with E-state index in [1.807, 2.05) is 48.7 Å². The number of nitriles is 3. The van der Waals surface area contributed by atoms with Crippen LogP contribution in [0, 0.1) is 53.3 Å². The Bertz CT molecular complexity index is 1700. The first-order valence-electron chi connectivity index (χ1n) is 17.2. The lowest BCUT2D eigenvalue weighted by atomic mass is 9.76. The van der Waals surface area contributed by atoms with E-state index in [1.165, 1.54) is 70.2 Å². The summed E-state index contributed by atoms with van der Waals surface area (Å²) >= 11 is 0. The number of ether oxygens (including phenoxy) is 3. The van der Waals surface area contributed by atoms with Crippen LogP contribution in [0.1, 0.15) is 74.5 Å². The normalized spacial score (nSPS) is 17.6. The monoisotopic (exact) mass is 718 g/mol. The van der Waals surface area contributed by atoms with Crippen LogP contribution in [0.2, 0.25) is 0 Å². The molecule has 3 aromatic rings. The van der Waals surface area contributed by atoms with Crippen LogP contribution in [0.15, 0.2) is 93.8 Å². The fraction of sp³-hybridized carbons (Fsp3) is 0.415. The maximum atomic E-state index is 10.2. The predicted molar refractivity (Wildman–Crippen MR) is 198 cm³/mol. The van der Waals surface area contributed by atoms with Gasteiger partial charge < -0.3 is 14.2 Å². The van der Waals surface area contributed by atoms with Gasteiger partial charge in [-0.3, -0.25) is 0 Å². The summed E-state index contributed by atoms with van der Waals surface area (Å²) in [5.41, 5.74) is 4.13. The Morgan fingerprint density at radius 1 is 0.679 bits per heavy atom. The minimum atomic E-state index is 0.166. The van der Waals surface area contributed by atoms with E-state index in [1.54, 1.807) is 36.6 Å². The van der Waals surface area contributed by atoms with E-state index < -0.39 is 0 Å². The molecule has 2 saturated carbocycles. The summed E-state index contributed by atoms with van der Waals surface area (Å²) in [6.45, 7) is 2.08. The number of nitrogens with zero attached hydrogens (tertiary/aromatic N) is 6. The standard InChI is InChI=1S/C15H22N2O2.C15H10N2O2.C7H8.2C2H3NO/c2*16-10-19-15-7-3-13(4-8-15)9-12-1-5-14(6-2-12)17-11-18;1-7-5-3-2-4-6-7;1-4-2-3;1-3-2-4/h12-15H,1-9H2;1-8H,9H2;2-6H,1H3;2*1H3. The van der Waals surface area contributed by atoms with Crippen molar-refractivity contribution in [3.05, 3.63) is 95.6 Å². The molecule has 0 aromatic heterocycles. The van der Waals surface area contributed by atoms with Crippen molar-refractivity contribution >= 4 is 23.9 Å². The summed E-state index contributed by atoms with van der Waals surface area (Å²) in [6.07, 6.45) is 20.5. The van der Waals surface area contributed by atoms with Crippen molar-refractivity contribution < 1.29 is 28.6 Å². The second-order valence-corrected chi connectivity index (χ2v) is 12.1. The molecule has 0 spiro atoms. The predicted octanol–water partition coefficient (Wildman–Crippen LogP) is 8.49. The highest BCUT2D eigenvalue weighted by molar-refractivity contribution is 5.49. The Morgan fingerprint density at radius 3 is 1.62 bits per heavy atom. The highest BCUT2D eigenvalue weighted by Crippen LogP contribution is 2.36. The van der Waals surface area contributed by atoms with E-state index in [0.29, 0.717) is 11.4 Å². The lowest BCUT2D eigenvalue weighted by Crippen LogP contribution is -2.24. The molecule has 5 rings (SSSR count). The van der Waals surface area contributed by atoms with Gasteiger partial charge in [0.05, 0.1) is 18.8 Å². The average molecular weight is 719 g/mol. The molecular formula is C41H46N6O6. The first-order chi connectivity index (χ1) is 25.8. The first-order valence-corrected chi connectivity index (χ1v) is 17.2. The van der Waals surface area contributed by atoms with Gasteiger partial charge in [0.2, 0.25) is 18.2 Å². The number of isocyanates is 3. The third-order valence-corrected chi connectivity index (χ3v) is 8.46. The van der Waals surface area contributed by atoms with Crippen LogP contribution in [-0.2, 0) is 30.3 Å². The average Bonchev–Trinajstić information content (AvgIpc) is 3.19. The highest BCUT2D eigenvalue weighted by Gasteiger charge is 2.27. The molecule has 276 valence electrons. The molecule has 0 unspecified atom stereocenters. The molecule has 0 bridgehead atoms. The SMILES string of the molecule is CN=C=O.COC#N.Cc1ccccc1.N#COC1CCC(CC2CCC(N=C=O)CC2)CC1.N#COc1ccc(Cc2ccc(N=C=O)cc2)cc1. The van der Waals surface area contributed by atoms with Gasteiger partial charge in [0.25, 0.3) is 18.8 Å². The molecule has 0 N–H and O–H groups in total. The van der Waals surface area contributed by atoms with Crippen molar-refractivity contribution in [2.45, 2.75) is 83.3 Å². The Balaban J connectivity index is 0.000000385. The second-order valence-electron chi connectivity index (χ2n) is 12.1. The van der Waals surface area contributed by atoms with Crippen LogP contribution in [0.3, 0.4) is 0 Å². The molecule has 0 saturated heterocycles. The van der Waals surface area contributed by atoms with Gasteiger partial charge >= 0.3 is 0 Å². The van der Waals surface area contributed by atoms with Crippen LogP contribution in [0.5, 0.6) is 5.75 Å². The van der Waals surface area contributed by atoms with Crippen molar-refractivity contribution in [1.82, 2.24) is 0 Å². The molecule has 0 amide bonds. The lowest BCUT2D eigenvalue weighted by Gasteiger charge is -2.32. The summed E-state index contributed by atoms with van der Waals surface area (Å²) in [7, 11) is 2.70. The van der Waals surface area contributed by atoms with Crippen LogP contribution in [-0.4, -0.2) is 44.5 Å². The Labute approximate surface area is 312 Å². The van der Waals surface area contributed by atoms with Gasteiger partial charge in [-0.2, -0.15) is 15.5 Å². The van der Waals surface area contributed by atoms with E-state index in [0.717, 1.165) is 55.1 Å². The van der Waals surface area contributed by atoms with E-state index in [4.69, 9.17) is 30.1 Å². The number of rotatable bonds is 8. The fourth-order valence-electron chi connectivity index (χ4n) is 5.85. The summed E-state index contributed by atoms with van der Waals surface area (Å²) in [5, 5.41) is 24.3. The Morgan fingerprint density at radius 2 is 1.21 bits per heavy atom. The maximum absolute atomic E-state index is 10.2. The van der Waals surface area contributed by atoms with Gasteiger partial charge in [-0.15, -0.1) is 5.26 Å². The number of carbonyl (C=O) groups excluding carboxylic acids is 3. The van der Waals surface area contributed by atoms with Crippen LogP contribution in [0.25, 0.3) is 0 Å². The highest BCUT2D eigenvalue weighted by atomic mass is 16.5. The fourth-order valence-corrected chi connectivity index (χ4v) is 5.85. The Hall–Kier alpha value is -6.33. The largest absolute Gasteiger partial charge is 0.431 e. The zero-order chi connectivity index (χ0) is 38.9. The van der Waals surface area contributed by atoms with E-state index in [2.05, 4.69) is 38.8 Å². The summed E-state index contributed by atoms with van der Waals surface area (Å²) in [5.74, 6) is 2.13. The molecule has 53 heavy (non-hydrogen) atoms. The summed E-state index contributed by atoms with van der Waals surface area (Å²) in [6, 6.07) is 25.2. The number of aliphatic imine (C=N–C) groups is 3. The molecule has 0 aliphatic heterocycles. The summed E-state index contributed by atoms with van der Waals surface area (Å²) in [4.78, 5) is 39.5. The third kappa shape index (κ3) is 21.5. The van der Waals surface area contributed by atoms with Crippen molar-refractivity contribution in [2.24, 2.45) is 26.8 Å². The molecule has 0 heterocycles. The van der Waals surface area contributed by atoms with Crippen LogP contribution in [0.4, 0.5) is 5.69 Å².